The van der Waals surface area contributed by atoms with Crippen molar-refractivity contribution in [2.24, 2.45) is 5.92 Å². The normalized spacial score (nSPS) is 12.1. The minimum Gasteiger partial charge on any atom is -0.434 e. The third-order valence-corrected chi connectivity index (χ3v) is 3.38. The molecular weight excluding hydrogens is 222 g/mol. The third kappa shape index (κ3) is 8.80. The van der Waals surface area contributed by atoms with Crippen molar-refractivity contribution in [2.45, 2.75) is 39.5 Å². The van der Waals surface area contributed by atoms with Gasteiger partial charge in [0.15, 0.2) is 0 Å². The van der Waals surface area contributed by atoms with Gasteiger partial charge in [-0.15, -0.1) is 0 Å². The van der Waals surface area contributed by atoms with E-state index < -0.39 is 0 Å². The Morgan fingerprint density at radius 2 is 2.31 bits per heavy atom. The lowest BCUT2D eigenvalue weighted by Crippen LogP contribution is -2.19. The topological polar surface area (TPSA) is 38.3 Å². The lowest BCUT2D eigenvalue weighted by molar-refractivity contribution is -0.136. The Morgan fingerprint density at radius 3 is 2.88 bits per heavy atom. The zero-order valence-electron chi connectivity index (χ0n) is 10.3. The monoisotopic (exact) mass is 245 g/mol. The van der Waals surface area contributed by atoms with Crippen LogP contribution in [0.4, 0.5) is 0 Å². The second-order valence-corrected chi connectivity index (χ2v) is 4.62. The van der Waals surface area contributed by atoms with E-state index in [1.807, 2.05) is 0 Å². The van der Waals surface area contributed by atoms with Gasteiger partial charge < -0.3 is 4.74 Å². The van der Waals surface area contributed by atoms with Crippen LogP contribution >= 0.6 is 11.9 Å². The number of carbonyl (C=O) groups is 1. The molecule has 1 unspecified atom stereocenters. The standard InChI is InChI=1S/C12H23NO2S/c1-4-7-8-11(5-2)10-16-13-9-12(14)15-6-3/h6,11,13H,3-5,7-10H2,1-2H3. The molecule has 0 fully saturated rings. The van der Waals surface area contributed by atoms with Crippen molar-refractivity contribution >= 4 is 17.9 Å². The second-order valence-electron chi connectivity index (χ2n) is 3.71. The Kier molecular flexibility index (Phi) is 10.7. The highest BCUT2D eigenvalue weighted by atomic mass is 32.2. The fourth-order valence-corrected chi connectivity index (χ4v) is 2.30. The molecule has 0 saturated heterocycles. The smallest absolute Gasteiger partial charge is 0.325 e. The molecule has 0 heterocycles. The molecule has 0 aliphatic heterocycles. The summed E-state index contributed by atoms with van der Waals surface area (Å²) in [6.07, 6.45) is 6.17. The van der Waals surface area contributed by atoms with Crippen molar-refractivity contribution in [3.8, 4) is 0 Å². The summed E-state index contributed by atoms with van der Waals surface area (Å²) in [6, 6.07) is 0. The average molecular weight is 245 g/mol. The molecule has 0 aromatic carbocycles. The van der Waals surface area contributed by atoms with E-state index in [9.17, 15) is 4.79 Å². The zero-order valence-corrected chi connectivity index (χ0v) is 11.1. The van der Waals surface area contributed by atoms with Gasteiger partial charge in [-0.1, -0.05) is 51.6 Å². The molecule has 0 spiro atoms. The summed E-state index contributed by atoms with van der Waals surface area (Å²) in [7, 11) is 0. The van der Waals surface area contributed by atoms with E-state index in [0.717, 1.165) is 17.9 Å². The van der Waals surface area contributed by atoms with Gasteiger partial charge in [-0.25, -0.2) is 0 Å². The van der Waals surface area contributed by atoms with Crippen LogP contribution in [0.2, 0.25) is 0 Å². The number of hydrogen-bond acceptors (Lipinski definition) is 4. The molecule has 94 valence electrons. The molecule has 0 aliphatic rings. The Morgan fingerprint density at radius 1 is 1.56 bits per heavy atom. The summed E-state index contributed by atoms with van der Waals surface area (Å²) in [5.74, 6) is 1.51. The highest BCUT2D eigenvalue weighted by Crippen LogP contribution is 2.16. The van der Waals surface area contributed by atoms with Gasteiger partial charge in [-0.05, 0) is 12.3 Å². The lowest BCUT2D eigenvalue weighted by atomic mass is 10.0. The van der Waals surface area contributed by atoms with Crippen molar-refractivity contribution in [3.63, 3.8) is 0 Å². The second kappa shape index (κ2) is 11.0. The van der Waals surface area contributed by atoms with Gasteiger partial charge in [0, 0.05) is 5.75 Å². The first kappa shape index (κ1) is 15.5. The summed E-state index contributed by atoms with van der Waals surface area (Å²) in [6.45, 7) is 7.99. The molecule has 0 amide bonds. The molecule has 0 rings (SSSR count). The molecule has 16 heavy (non-hydrogen) atoms. The Labute approximate surface area is 103 Å². The zero-order chi connectivity index (χ0) is 12.2. The summed E-state index contributed by atoms with van der Waals surface area (Å²) in [5.41, 5.74) is 0. The van der Waals surface area contributed by atoms with E-state index in [0.29, 0.717) is 0 Å². The van der Waals surface area contributed by atoms with Crippen LogP contribution in [0.25, 0.3) is 0 Å². The molecule has 4 heteroatoms. The number of rotatable bonds is 10. The van der Waals surface area contributed by atoms with Crippen molar-refractivity contribution < 1.29 is 9.53 Å². The van der Waals surface area contributed by atoms with E-state index in [1.54, 1.807) is 11.9 Å². The van der Waals surface area contributed by atoms with Crippen molar-refractivity contribution in [1.82, 2.24) is 4.72 Å². The number of nitrogens with one attached hydrogen (secondary N) is 1. The summed E-state index contributed by atoms with van der Waals surface area (Å²) in [4.78, 5) is 11.0. The lowest BCUT2D eigenvalue weighted by Gasteiger charge is -2.13. The van der Waals surface area contributed by atoms with Crippen LogP contribution in [0, 0.1) is 5.92 Å². The van der Waals surface area contributed by atoms with Crippen LogP contribution in [0.15, 0.2) is 12.8 Å². The minimum atomic E-state index is -0.288. The van der Waals surface area contributed by atoms with E-state index in [2.05, 4.69) is 29.9 Å². The summed E-state index contributed by atoms with van der Waals surface area (Å²) >= 11 is 1.61. The SMILES string of the molecule is C=COC(=O)CNSCC(CC)CCCC. The van der Waals surface area contributed by atoms with Gasteiger partial charge in [0.05, 0.1) is 6.26 Å². The largest absolute Gasteiger partial charge is 0.434 e. The van der Waals surface area contributed by atoms with Gasteiger partial charge in [0.2, 0.25) is 0 Å². The third-order valence-electron chi connectivity index (χ3n) is 2.40. The highest BCUT2D eigenvalue weighted by molar-refractivity contribution is 7.97. The first-order valence-electron chi connectivity index (χ1n) is 5.89. The van der Waals surface area contributed by atoms with Crippen LogP contribution < -0.4 is 4.72 Å². The fraction of sp³-hybridized carbons (Fsp3) is 0.750. The number of esters is 1. The predicted octanol–water partition coefficient (Wildman–Crippen LogP) is 3.13. The number of carbonyl (C=O) groups excluding carboxylic acids is 1. The Bertz CT molecular complexity index is 197. The van der Waals surface area contributed by atoms with Crippen LogP contribution in [-0.4, -0.2) is 18.3 Å². The van der Waals surface area contributed by atoms with E-state index in [1.165, 1.54) is 25.7 Å². The minimum absolute atomic E-state index is 0.237. The van der Waals surface area contributed by atoms with Gasteiger partial charge in [-0.2, -0.15) is 0 Å². The van der Waals surface area contributed by atoms with E-state index in [-0.39, 0.29) is 12.5 Å². The van der Waals surface area contributed by atoms with Crippen molar-refractivity contribution in [1.29, 1.82) is 0 Å². The maximum atomic E-state index is 11.0. The number of ether oxygens (including phenoxy) is 1. The first-order chi connectivity index (χ1) is 7.74. The number of hydrogen-bond donors (Lipinski definition) is 1. The molecular formula is C12H23NO2S. The van der Waals surface area contributed by atoms with E-state index in [4.69, 9.17) is 0 Å². The summed E-state index contributed by atoms with van der Waals surface area (Å²) in [5, 5.41) is 0. The van der Waals surface area contributed by atoms with Crippen molar-refractivity contribution in [3.05, 3.63) is 12.8 Å². The quantitative estimate of drug-likeness (QED) is 0.278. The Balaban J connectivity index is 3.46. The van der Waals surface area contributed by atoms with Crippen LogP contribution in [0.5, 0.6) is 0 Å². The first-order valence-corrected chi connectivity index (χ1v) is 6.88. The fourth-order valence-electron chi connectivity index (χ4n) is 1.32. The maximum Gasteiger partial charge on any atom is 0.325 e. The molecule has 1 atom stereocenters. The molecule has 0 aliphatic carbocycles. The molecule has 0 radical (unpaired) electrons. The van der Waals surface area contributed by atoms with Crippen molar-refractivity contribution in [2.75, 3.05) is 12.3 Å². The maximum absolute atomic E-state index is 11.0. The van der Waals surface area contributed by atoms with Crippen LogP contribution in [-0.2, 0) is 9.53 Å². The van der Waals surface area contributed by atoms with Gasteiger partial charge in [-0.3, -0.25) is 9.52 Å². The van der Waals surface area contributed by atoms with E-state index >= 15 is 0 Å². The van der Waals surface area contributed by atoms with Gasteiger partial charge in [0.1, 0.15) is 6.54 Å². The molecule has 0 saturated carbocycles. The summed E-state index contributed by atoms with van der Waals surface area (Å²) < 4.78 is 7.59. The number of unbranched alkanes of at least 4 members (excludes halogenated alkanes) is 1. The van der Waals surface area contributed by atoms with Crippen LogP contribution in [0.1, 0.15) is 39.5 Å². The molecule has 0 aromatic rings. The Hall–Kier alpha value is -0.480. The molecule has 3 nitrogen and oxygen atoms in total. The molecule has 0 bridgehead atoms. The average Bonchev–Trinajstić information content (AvgIpc) is 2.28. The highest BCUT2D eigenvalue weighted by Gasteiger charge is 2.06. The van der Waals surface area contributed by atoms with Gasteiger partial charge in [0.25, 0.3) is 0 Å². The molecule has 0 aromatic heterocycles. The van der Waals surface area contributed by atoms with Crippen LogP contribution in [0.3, 0.4) is 0 Å². The van der Waals surface area contributed by atoms with Gasteiger partial charge >= 0.3 is 5.97 Å². The molecule has 1 N–H and O–H groups in total. The predicted molar refractivity (Wildman–Crippen MR) is 70.1 cm³/mol.